The fraction of sp³-hybridized carbons (Fsp3) is 0.500. The van der Waals surface area contributed by atoms with Crippen LogP contribution in [0.5, 0.6) is 5.75 Å². The number of unbranched alkanes of at least 4 members (excludes halogenated alkanes) is 3. The predicted molar refractivity (Wildman–Crippen MR) is 113 cm³/mol. The van der Waals surface area contributed by atoms with Crippen molar-refractivity contribution in [2.75, 3.05) is 7.11 Å². The van der Waals surface area contributed by atoms with E-state index >= 15 is 0 Å². The smallest absolute Gasteiger partial charge is 0.343 e. The van der Waals surface area contributed by atoms with Crippen molar-refractivity contribution in [1.29, 1.82) is 0 Å². The lowest BCUT2D eigenvalue weighted by atomic mass is 10.00. The fourth-order valence-electron chi connectivity index (χ4n) is 3.09. The number of carbonyl (C=O) groups excluding carboxylic acids is 2. The van der Waals surface area contributed by atoms with Gasteiger partial charge in [-0.1, -0.05) is 38.3 Å². The molecule has 0 amide bonds. The lowest BCUT2D eigenvalue weighted by Crippen LogP contribution is -2.28. The average Bonchev–Trinajstić information content (AvgIpc) is 2.71. The Kier molecular flexibility index (Phi) is 8.65. The summed E-state index contributed by atoms with van der Waals surface area (Å²) in [5.41, 5.74) is 0.424. The Hall–Kier alpha value is -2.40. The molecule has 5 heteroatoms. The van der Waals surface area contributed by atoms with Crippen molar-refractivity contribution in [1.82, 2.24) is 0 Å². The molecule has 0 bridgehead atoms. The molecule has 0 saturated carbocycles. The van der Waals surface area contributed by atoms with Crippen LogP contribution in [0.25, 0.3) is 0 Å². The van der Waals surface area contributed by atoms with Gasteiger partial charge < -0.3 is 14.2 Å². The number of esters is 2. The molecular weight excluding hydrogens is 368 g/mol. The molecule has 1 unspecified atom stereocenters. The molecule has 158 valence electrons. The average molecular weight is 401 g/mol. The molecule has 0 fully saturated rings. The number of methoxy groups -OCH3 is 1. The number of carbonyl (C=O) groups is 2. The summed E-state index contributed by atoms with van der Waals surface area (Å²) in [7, 11) is 1.63. The summed E-state index contributed by atoms with van der Waals surface area (Å²) in [6, 6.07) is 6.44. The van der Waals surface area contributed by atoms with Gasteiger partial charge in [0.15, 0.2) is 0 Å². The van der Waals surface area contributed by atoms with Crippen molar-refractivity contribution in [3.63, 3.8) is 0 Å². The Morgan fingerprint density at radius 2 is 1.79 bits per heavy atom. The summed E-state index contributed by atoms with van der Waals surface area (Å²) in [6.07, 6.45) is 11.4. The van der Waals surface area contributed by atoms with E-state index in [1.165, 1.54) is 12.8 Å². The Bertz CT molecular complexity index is 743. The largest absolute Gasteiger partial charge is 0.456 e. The zero-order chi connectivity index (χ0) is 21.3. The molecule has 0 radical (unpaired) electrons. The molecule has 1 aromatic carbocycles. The Balaban J connectivity index is 1.87. The molecule has 0 heterocycles. The second-order valence-electron chi connectivity index (χ2n) is 7.90. The minimum Gasteiger partial charge on any atom is -0.456 e. The fourth-order valence-corrected chi connectivity index (χ4v) is 3.09. The standard InChI is InChI=1S/C24H32O5/c1-5-6-7-8-17-24(2,3)29-23(26)19-11-15-21(16-12-19)28-22(25)18-9-13-20(27-4)14-10-18/h9-13,15-16,20H,5-8,14,17H2,1-4H3. The van der Waals surface area contributed by atoms with Crippen LogP contribution in [0.2, 0.25) is 0 Å². The van der Waals surface area contributed by atoms with E-state index in [4.69, 9.17) is 14.2 Å². The molecule has 1 aromatic rings. The van der Waals surface area contributed by atoms with Gasteiger partial charge in [0.05, 0.1) is 17.2 Å². The van der Waals surface area contributed by atoms with Crippen molar-refractivity contribution in [3.8, 4) is 5.75 Å². The van der Waals surface area contributed by atoms with Gasteiger partial charge in [0.2, 0.25) is 0 Å². The molecule has 1 aliphatic carbocycles. The Labute approximate surface area is 173 Å². The maximum atomic E-state index is 12.4. The van der Waals surface area contributed by atoms with Crippen LogP contribution in [0.4, 0.5) is 0 Å². The van der Waals surface area contributed by atoms with Gasteiger partial charge in [-0.15, -0.1) is 0 Å². The molecule has 2 rings (SSSR count). The molecule has 0 N–H and O–H groups in total. The van der Waals surface area contributed by atoms with Crippen molar-refractivity contribution in [2.24, 2.45) is 0 Å². The molecule has 0 aliphatic heterocycles. The first-order valence-corrected chi connectivity index (χ1v) is 10.3. The summed E-state index contributed by atoms with van der Waals surface area (Å²) < 4.78 is 16.3. The number of benzene rings is 1. The number of ether oxygens (including phenoxy) is 3. The zero-order valence-corrected chi connectivity index (χ0v) is 17.9. The highest BCUT2D eigenvalue weighted by Gasteiger charge is 2.23. The Morgan fingerprint density at radius 3 is 2.38 bits per heavy atom. The van der Waals surface area contributed by atoms with Crippen LogP contribution in [0.3, 0.4) is 0 Å². The van der Waals surface area contributed by atoms with E-state index in [9.17, 15) is 9.59 Å². The first-order valence-electron chi connectivity index (χ1n) is 10.3. The second-order valence-corrected chi connectivity index (χ2v) is 7.90. The maximum Gasteiger partial charge on any atom is 0.343 e. The van der Waals surface area contributed by atoms with Crippen LogP contribution in [-0.4, -0.2) is 30.8 Å². The van der Waals surface area contributed by atoms with E-state index in [1.807, 2.05) is 19.9 Å². The summed E-state index contributed by atoms with van der Waals surface area (Å²) in [5, 5.41) is 0. The van der Waals surface area contributed by atoms with Crippen LogP contribution in [0.1, 0.15) is 69.7 Å². The van der Waals surface area contributed by atoms with Crippen LogP contribution >= 0.6 is 0 Å². The third-order valence-corrected chi connectivity index (χ3v) is 4.90. The Morgan fingerprint density at radius 1 is 1.07 bits per heavy atom. The van der Waals surface area contributed by atoms with E-state index in [2.05, 4.69) is 6.92 Å². The summed E-state index contributed by atoms with van der Waals surface area (Å²) in [4.78, 5) is 24.7. The van der Waals surface area contributed by atoms with Crippen molar-refractivity contribution in [2.45, 2.75) is 71.0 Å². The summed E-state index contributed by atoms with van der Waals surface area (Å²) >= 11 is 0. The molecule has 0 aromatic heterocycles. The first-order chi connectivity index (χ1) is 13.8. The predicted octanol–water partition coefficient (Wildman–Crippen LogP) is 5.40. The van der Waals surface area contributed by atoms with Crippen LogP contribution in [0, 0.1) is 0 Å². The third-order valence-electron chi connectivity index (χ3n) is 4.90. The van der Waals surface area contributed by atoms with E-state index < -0.39 is 11.6 Å². The highest BCUT2D eigenvalue weighted by Crippen LogP contribution is 2.22. The molecule has 0 spiro atoms. The van der Waals surface area contributed by atoms with Gasteiger partial charge in [0.1, 0.15) is 11.4 Å². The molecule has 29 heavy (non-hydrogen) atoms. The quantitative estimate of drug-likeness (QED) is 0.299. The van der Waals surface area contributed by atoms with Crippen LogP contribution < -0.4 is 4.74 Å². The van der Waals surface area contributed by atoms with Crippen molar-refractivity contribution < 1.29 is 23.8 Å². The normalized spacial score (nSPS) is 16.3. The monoisotopic (exact) mass is 400 g/mol. The summed E-state index contributed by atoms with van der Waals surface area (Å²) in [5.74, 6) is -0.417. The van der Waals surface area contributed by atoms with Crippen molar-refractivity contribution in [3.05, 3.63) is 53.6 Å². The molecular formula is C24H32O5. The van der Waals surface area contributed by atoms with E-state index in [1.54, 1.807) is 43.5 Å². The van der Waals surface area contributed by atoms with Gasteiger partial charge in [-0.05, 0) is 63.5 Å². The van der Waals surface area contributed by atoms with E-state index in [0.29, 0.717) is 23.3 Å². The van der Waals surface area contributed by atoms with Crippen LogP contribution in [0.15, 0.2) is 48.1 Å². The molecule has 1 aliphatic rings. The number of rotatable bonds is 10. The lowest BCUT2D eigenvalue weighted by Gasteiger charge is -2.25. The highest BCUT2D eigenvalue weighted by atomic mass is 16.6. The number of hydrogen-bond donors (Lipinski definition) is 0. The van der Waals surface area contributed by atoms with Gasteiger partial charge in [0.25, 0.3) is 0 Å². The van der Waals surface area contributed by atoms with Gasteiger partial charge in [-0.2, -0.15) is 0 Å². The zero-order valence-electron chi connectivity index (χ0n) is 17.9. The van der Waals surface area contributed by atoms with Gasteiger partial charge in [-0.25, -0.2) is 9.59 Å². The minimum atomic E-state index is -0.504. The van der Waals surface area contributed by atoms with E-state index in [-0.39, 0.29) is 12.1 Å². The third kappa shape index (κ3) is 7.50. The minimum absolute atomic E-state index is 0.00672. The first kappa shape index (κ1) is 22.9. The maximum absolute atomic E-state index is 12.4. The molecule has 1 atom stereocenters. The van der Waals surface area contributed by atoms with Gasteiger partial charge in [-0.3, -0.25) is 0 Å². The number of hydrogen-bond acceptors (Lipinski definition) is 5. The topological polar surface area (TPSA) is 61.8 Å². The highest BCUT2D eigenvalue weighted by molar-refractivity contribution is 5.93. The summed E-state index contributed by atoms with van der Waals surface area (Å²) in [6.45, 7) is 6.05. The molecule has 5 nitrogen and oxygen atoms in total. The van der Waals surface area contributed by atoms with Crippen LogP contribution in [-0.2, 0) is 14.3 Å². The van der Waals surface area contributed by atoms with Gasteiger partial charge in [0, 0.05) is 7.11 Å². The SMILES string of the molecule is CCCCCCC(C)(C)OC(=O)c1ccc(OC(=O)C2=CCC(OC)C=C2)cc1. The van der Waals surface area contributed by atoms with Gasteiger partial charge >= 0.3 is 11.9 Å². The van der Waals surface area contributed by atoms with E-state index in [0.717, 1.165) is 19.3 Å². The second kappa shape index (κ2) is 11.0. The lowest BCUT2D eigenvalue weighted by molar-refractivity contribution is -0.129. The van der Waals surface area contributed by atoms with Crippen molar-refractivity contribution >= 4 is 11.9 Å². The molecule has 0 saturated heterocycles.